The van der Waals surface area contributed by atoms with Crippen molar-refractivity contribution in [3.63, 3.8) is 0 Å². The van der Waals surface area contributed by atoms with E-state index < -0.39 is 0 Å². The Morgan fingerprint density at radius 3 is 2.47 bits per heavy atom. The molecular formula is C12H26N2O. The number of hydrogen-bond donors (Lipinski definition) is 1. The van der Waals surface area contributed by atoms with E-state index in [-0.39, 0.29) is 0 Å². The summed E-state index contributed by atoms with van der Waals surface area (Å²) in [6, 6.07) is 0.782. The molecule has 90 valence electrons. The third-order valence-corrected chi connectivity index (χ3v) is 3.63. The summed E-state index contributed by atoms with van der Waals surface area (Å²) in [6.45, 7) is 2.91. The van der Waals surface area contributed by atoms with Gasteiger partial charge in [-0.2, -0.15) is 0 Å². The van der Waals surface area contributed by atoms with E-state index in [2.05, 4.69) is 11.9 Å². The van der Waals surface area contributed by atoms with E-state index in [1.807, 2.05) is 0 Å². The summed E-state index contributed by atoms with van der Waals surface area (Å²) in [5.74, 6) is 0.786. The average molecular weight is 214 g/mol. The lowest BCUT2D eigenvalue weighted by molar-refractivity contribution is 0.139. The first-order valence-electron chi connectivity index (χ1n) is 6.17. The number of hydrogen-bond acceptors (Lipinski definition) is 3. The zero-order valence-electron chi connectivity index (χ0n) is 10.2. The lowest BCUT2D eigenvalue weighted by Crippen LogP contribution is -2.37. The average Bonchev–Trinajstić information content (AvgIpc) is 2.29. The number of nitrogens with two attached hydrogens (primary N) is 1. The second-order valence-corrected chi connectivity index (χ2v) is 4.74. The van der Waals surface area contributed by atoms with E-state index >= 15 is 0 Å². The Morgan fingerprint density at radius 2 is 1.93 bits per heavy atom. The molecule has 0 unspecified atom stereocenters. The molecule has 0 spiro atoms. The van der Waals surface area contributed by atoms with Crippen LogP contribution in [-0.2, 0) is 4.74 Å². The van der Waals surface area contributed by atoms with E-state index in [0.29, 0.717) is 0 Å². The highest BCUT2D eigenvalue weighted by molar-refractivity contribution is 4.78. The van der Waals surface area contributed by atoms with Gasteiger partial charge in [0.2, 0.25) is 0 Å². The topological polar surface area (TPSA) is 38.5 Å². The van der Waals surface area contributed by atoms with Gasteiger partial charge < -0.3 is 15.4 Å². The van der Waals surface area contributed by atoms with Crippen LogP contribution in [0.15, 0.2) is 0 Å². The first-order valence-corrected chi connectivity index (χ1v) is 6.17. The number of nitrogens with zero attached hydrogens (tertiary/aromatic N) is 1. The van der Waals surface area contributed by atoms with Crippen LogP contribution in [0.2, 0.25) is 0 Å². The molecule has 0 amide bonds. The Bertz CT molecular complexity index is 156. The predicted molar refractivity (Wildman–Crippen MR) is 63.9 cm³/mol. The molecular weight excluding hydrogens is 188 g/mol. The van der Waals surface area contributed by atoms with E-state index in [0.717, 1.165) is 38.1 Å². The van der Waals surface area contributed by atoms with Crippen molar-refractivity contribution in [2.75, 3.05) is 33.9 Å². The maximum Gasteiger partial charge on any atom is 0.0474 e. The van der Waals surface area contributed by atoms with Crippen molar-refractivity contribution in [2.24, 2.45) is 11.7 Å². The molecule has 1 fully saturated rings. The lowest BCUT2D eigenvalue weighted by atomic mass is 9.85. The smallest absolute Gasteiger partial charge is 0.0474 e. The number of rotatable bonds is 6. The Balaban J connectivity index is 2.15. The van der Waals surface area contributed by atoms with Gasteiger partial charge in [0.25, 0.3) is 0 Å². The van der Waals surface area contributed by atoms with Gasteiger partial charge in [-0.05, 0) is 51.6 Å². The molecule has 0 aromatic rings. The monoisotopic (exact) mass is 214 g/mol. The predicted octanol–water partition coefficient (Wildman–Crippen LogP) is 1.47. The summed E-state index contributed by atoms with van der Waals surface area (Å²) < 4.78 is 5.07. The molecule has 0 aromatic heterocycles. The van der Waals surface area contributed by atoms with Gasteiger partial charge in [-0.3, -0.25) is 0 Å². The minimum atomic E-state index is 0.782. The molecule has 1 rings (SSSR count). The fraction of sp³-hybridized carbons (Fsp3) is 1.00. The van der Waals surface area contributed by atoms with Crippen molar-refractivity contribution >= 4 is 0 Å². The van der Waals surface area contributed by atoms with Crippen LogP contribution in [0.25, 0.3) is 0 Å². The SMILES string of the molecule is COCCCN(C)C1CCC(CN)CC1. The highest BCUT2D eigenvalue weighted by atomic mass is 16.5. The summed E-state index contributed by atoms with van der Waals surface area (Å²) in [7, 11) is 4.01. The fourth-order valence-corrected chi connectivity index (χ4v) is 2.46. The quantitative estimate of drug-likeness (QED) is 0.681. The molecule has 0 saturated heterocycles. The second-order valence-electron chi connectivity index (χ2n) is 4.74. The molecule has 1 aliphatic carbocycles. The summed E-state index contributed by atoms with van der Waals surface area (Å²) >= 11 is 0. The number of methoxy groups -OCH3 is 1. The Labute approximate surface area is 94.0 Å². The molecule has 1 saturated carbocycles. The van der Waals surface area contributed by atoms with Crippen molar-refractivity contribution in [3.05, 3.63) is 0 Å². The molecule has 2 N–H and O–H groups in total. The van der Waals surface area contributed by atoms with E-state index in [4.69, 9.17) is 10.5 Å². The van der Waals surface area contributed by atoms with Crippen LogP contribution in [0.1, 0.15) is 32.1 Å². The van der Waals surface area contributed by atoms with E-state index in [9.17, 15) is 0 Å². The molecule has 0 radical (unpaired) electrons. The largest absolute Gasteiger partial charge is 0.385 e. The maximum absolute atomic E-state index is 5.69. The van der Waals surface area contributed by atoms with Gasteiger partial charge in [0.05, 0.1) is 0 Å². The Hall–Kier alpha value is -0.120. The van der Waals surface area contributed by atoms with Crippen LogP contribution < -0.4 is 5.73 Å². The minimum Gasteiger partial charge on any atom is -0.385 e. The maximum atomic E-state index is 5.69. The van der Waals surface area contributed by atoms with E-state index in [1.165, 1.54) is 25.7 Å². The third-order valence-electron chi connectivity index (χ3n) is 3.63. The minimum absolute atomic E-state index is 0.782. The van der Waals surface area contributed by atoms with Gasteiger partial charge in [0, 0.05) is 26.3 Å². The summed E-state index contributed by atoms with van der Waals surface area (Å²) in [6.07, 6.45) is 6.42. The van der Waals surface area contributed by atoms with Crippen LogP contribution >= 0.6 is 0 Å². The van der Waals surface area contributed by atoms with Gasteiger partial charge in [0.1, 0.15) is 0 Å². The molecule has 0 aliphatic heterocycles. The third kappa shape index (κ3) is 4.49. The van der Waals surface area contributed by atoms with Crippen LogP contribution in [0.3, 0.4) is 0 Å². The highest BCUT2D eigenvalue weighted by Gasteiger charge is 2.22. The van der Waals surface area contributed by atoms with Gasteiger partial charge in [0.15, 0.2) is 0 Å². The fourth-order valence-electron chi connectivity index (χ4n) is 2.46. The van der Waals surface area contributed by atoms with Crippen LogP contribution in [0.4, 0.5) is 0 Å². The normalized spacial score (nSPS) is 27.2. The molecule has 3 nitrogen and oxygen atoms in total. The van der Waals surface area contributed by atoms with Crippen LogP contribution in [-0.4, -0.2) is 44.8 Å². The molecule has 15 heavy (non-hydrogen) atoms. The Morgan fingerprint density at radius 1 is 1.27 bits per heavy atom. The summed E-state index contributed by atoms with van der Waals surface area (Å²) in [4.78, 5) is 2.49. The zero-order valence-corrected chi connectivity index (χ0v) is 10.2. The zero-order chi connectivity index (χ0) is 11.1. The van der Waals surface area contributed by atoms with Crippen LogP contribution in [0, 0.1) is 5.92 Å². The van der Waals surface area contributed by atoms with Gasteiger partial charge in [-0.25, -0.2) is 0 Å². The van der Waals surface area contributed by atoms with Crippen molar-refractivity contribution in [3.8, 4) is 0 Å². The first-order chi connectivity index (χ1) is 7.27. The van der Waals surface area contributed by atoms with E-state index in [1.54, 1.807) is 7.11 Å². The van der Waals surface area contributed by atoms with Crippen LogP contribution in [0.5, 0.6) is 0 Å². The molecule has 0 atom stereocenters. The molecule has 0 heterocycles. The van der Waals surface area contributed by atoms with Gasteiger partial charge in [-0.1, -0.05) is 0 Å². The highest BCUT2D eigenvalue weighted by Crippen LogP contribution is 2.26. The van der Waals surface area contributed by atoms with Crippen molar-refractivity contribution < 1.29 is 4.74 Å². The molecule has 3 heteroatoms. The molecule has 1 aliphatic rings. The molecule has 0 bridgehead atoms. The van der Waals surface area contributed by atoms with Crippen molar-refractivity contribution in [2.45, 2.75) is 38.1 Å². The first kappa shape index (κ1) is 12.9. The van der Waals surface area contributed by atoms with Crippen molar-refractivity contribution in [1.82, 2.24) is 4.90 Å². The van der Waals surface area contributed by atoms with Gasteiger partial charge >= 0.3 is 0 Å². The summed E-state index contributed by atoms with van der Waals surface area (Å²) in [5.41, 5.74) is 5.69. The Kier molecular flexibility index (Phi) is 6.22. The molecule has 0 aromatic carbocycles. The summed E-state index contributed by atoms with van der Waals surface area (Å²) in [5, 5.41) is 0. The second kappa shape index (κ2) is 7.20. The lowest BCUT2D eigenvalue weighted by Gasteiger charge is -2.34. The van der Waals surface area contributed by atoms with Crippen molar-refractivity contribution in [1.29, 1.82) is 0 Å². The number of ether oxygens (including phenoxy) is 1. The standard InChI is InChI=1S/C12H26N2O/c1-14(8-3-9-15-2)12-6-4-11(10-13)5-7-12/h11-12H,3-10,13H2,1-2H3. The van der Waals surface area contributed by atoms with Gasteiger partial charge in [-0.15, -0.1) is 0 Å².